The van der Waals surface area contributed by atoms with Gasteiger partial charge in [-0.15, -0.1) is 11.3 Å². The molecule has 0 aliphatic heterocycles. The maximum atomic E-state index is 4.65. The Bertz CT molecular complexity index is 330. The Balaban J connectivity index is 2.17. The molecule has 1 saturated carbocycles. The van der Waals surface area contributed by atoms with Crippen molar-refractivity contribution in [3.05, 3.63) is 16.1 Å². The number of nitrogens with zero attached hydrogens (tertiary/aromatic N) is 1. The average molecular weight is 224 g/mol. The molecule has 1 unspecified atom stereocenters. The molecule has 0 bridgehead atoms. The van der Waals surface area contributed by atoms with E-state index < -0.39 is 0 Å². The van der Waals surface area contributed by atoms with Gasteiger partial charge in [-0.25, -0.2) is 4.98 Å². The van der Waals surface area contributed by atoms with Gasteiger partial charge in [-0.2, -0.15) is 0 Å². The highest BCUT2D eigenvalue weighted by atomic mass is 32.1. The van der Waals surface area contributed by atoms with Gasteiger partial charge in [0.15, 0.2) is 0 Å². The van der Waals surface area contributed by atoms with Crippen LogP contribution >= 0.6 is 11.3 Å². The van der Waals surface area contributed by atoms with Crippen molar-refractivity contribution < 1.29 is 0 Å². The molecule has 1 aliphatic carbocycles. The molecule has 0 radical (unpaired) electrons. The summed E-state index contributed by atoms with van der Waals surface area (Å²) in [5.41, 5.74) is 1.29. The number of rotatable bonds is 5. The van der Waals surface area contributed by atoms with E-state index in [4.69, 9.17) is 0 Å². The van der Waals surface area contributed by atoms with Crippen molar-refractivity contribution in [3.8, 4) is 0 Å². The molecule has 1 aromatic heterocycles. The van der Waals surface area contributed by atoms with Crippen LogP contribution in [0.1, 0.15) is 43.8 Å². The largest absolute Gasteiger partial charge is 0.305 e. The average Bonchev–Trinajstić information content (AvgIpc) is 2.98. The summed E-state index contributed by atoms with van der Waals surface area (Å²) in [5.74, 6) is 0.801. The van der Waals surface area contributed by atoms with Gasteiger partial charge in [0.25, 0.3) is 0 Å². The van der Waals surface area contributed by atoms with Gasteiger partial charge in [0.1, 0.15) is 5.01 Å². The second-order valence-electron chi connectivity index (χ2n) is 4.70. The fourth-order valence-corrected chi connectivity index (χ4v) is 3.05. The van der Waals surface area contributed by atoms with Crippen molar-refractivity contribution in [1.82, 2.24) is 10.3 Å². The second-order valence-corrected chi connectivity index (χ2v) is 5.56. The van der Waals surface area contributed by atoms with Gasteiger partial charge in [-0.3, -0.25) is 0 Å². The minimum absolute atomic E-state index is 0.134. The predicted octanol–water partition coefficient (Wildman–Crippen LogP) is 3.08. The van der Waals surface area contributed by atoms with Crippen molar-refractivity contribution in [1.29, 1.82) is 0 Å². The summed E-state index contributed by atoms with van der Waals surface area (Å²) in [6.45, 7) is 7.70. The first-order valence-corrected chi connectivity index (χ1v) is 6.72. The quantitative estimate of drug-likeness (QED) is 0.831. The van der Waals surface area contributed by atoms with E-state index in [1.165, 1.54) is 24.3 Å². The summed E-state index contributed by atoms with van der Waals surface area (Å²) in [5, 5.41) is 7.12. The predicted molar refractivity (Wildman–Crippen MR) is 65.2 cm³/mol. The van der Waals surface area contributed by atoms with Crippen LogP contribution in [0, 0.1) is 12.8 Å². The molecule has 0 amide bonds. The highest BCUT2D eigenvalue weighted by molar-refractivity contribution is 7.09. The van der Waals surface area contributed by atoms with E-state index in [0.717, 1.165) is 18.2 Å². The summed E-state index contributed by atoms with van der Waals surface area (Å²) in [7, 11) is 0. The maximum absolute atomic E-state index is 4.65. The Labute approximate surface area is 96.1 Å². The van der Waals surface area contributed by atoms with E-state index in [2.05, 4.69) is 36.5 Å². The van der Waals surface area contributed by atoms with Crippen molar-refractivity contribution in [3.63, 3.8) is 0 Å². The SMILES string of the molecule is CCCNC(C)(c1nc(C)cs1)C1CC1. The minimum atomic E-state index is 0.134. The van der Waals surface area contributed by atoms with Gasteiger partial charge in [0.05, 0.1) is 5.54 Å². The second kappa shape index (κ2) is 4.22. The molecule has 1 aromatic rings. The van der Waals surface area contributed by atoms with E-state index in [-0.39, 0.29) is 5.54 Å². The van der Waals surface area contributed by atoms with Gasteiger partial charge >= 0.3 is 0 Å². The number of thiazole rings is 1. The Kier molecular flexibility index (Phi) is 3.12. The highest BCUT2D eigenvalue weighted by Crippen LogP contribution is 2.46. The highest BCUT2D eigenvalue weighted by Gasteiger charge is 2.44. The first-order valence-electron chi connectivity index (χ1n) is 5.84. The smallest absolute Gasteiger partial charge is 0.113 e. The molecule has 1 aliphatic rings. The summed E-state index contributed by atoms with van der Waals surface area (Å²) in [6.07, 6.45) is 3.89. The van der Waals surface area contributed by atoms with Crippen LogP contribution in [0.25, 0.3) is 0 Å². The van der Waals surface area contributed by atoms with Crippen LogP contribution in [-0.2, 0) is 5.54 Å². The molecule has 0 aromatic carbocycles. The summed E-state index contributed by atoms with van der Waals surface area (Å²) >= 11 is 1.80. The minimum Gasteiger partial charge on any atom is -0.305 e. The fraction of sp³-hybridized carbons (Fsp3) is 0.750. The zero-order valence-corrected chi connectivity index (χ0v) is 10.7. The number of nitrogens with one attached hydrogen (secondary N) is 1. The fourth-order valence-electron chi connectivity index (χ4n) is 2.03. The van der Waals surface area contributed by atoms with Crippen LogP contribution in [0.2, 0.25) is 0 Å². The Morgan fingerprint density at radius 1 is 1.60 bits per heavy atom. The van der Waals surface area contributed by atoms with Gasteiger partial charge < -0.3 is 5.32 Å². The molecule has 84 valence electrons. The summed E-state index contributed by atoms with van der Waals surface area (Å²) < 4.78 is 0. The van der Waals surface area contributed by atoms with E-state index >= 15 is 0 Å². The molecule has 2 nitrogen and oxygen atoms in total. The maximum Gasteiger partial charge on any atom is 0.113 e. The third kappa shape index (κ3) is 2.23. The van der Waals surface area contributed by atoms with Gasteiger partial charge in [-0.05, 0) is 45.6 Å². The molecule has 1 heterocycles. The van der Waals surface area contributed by atoms with Gasteiger partial charge in [-0.1, -0.05) is 6.92 Å². The topological polar surface area (TPSA) is 24.9 Å². The number of aryl methyl sites for hydroxylation is 1. The van der Waals surface area contributed by atoms with E-state index in [1.807, 2.05) is 0 Å². The molecule has 2 rings (SSSR count). The molecule has 0 saturated heterocycles. The molecular formula is C12H20N2S. The zero-order valence-electron chi connectivity index (χ0n) is 9.84. The van der Waals surface area contributed by atoms with E-state index in [9.17, 15) is 0 Å². The third-order valence-electron chi connectivity index (χ3n) is 3.20. The molecule has 0 spiro atoms. The van der Waals surface area contributed by atoms with Crippen LogP contribution in [0.4, 0.5) is 0 Å². The Morgan fingerprint density at radius 2 is 2.33 bits per heavy atom. The van der Waals surface area contributed by atoms with Crippen LogP contribution in [0.15, 0.2) is 5.38 Å². The van der Waals surface area contributed by atoms with Crippen LogP contribution in [0.5, 0.6) is 0 Å². The third-order valence-corrected chi connectivity index (χ3v) is 4.40. The van der Waals surface area contributed by atoms with Crippen LogP contribution in [-0.4, -0.2) is 11.5 Å². The lowest BCUT2D eigenvalue weighted by Crippen LogP contribution is -2.42. The van der Waals surface area contributed by atoms with Crippen molar-refractivity contribution >= 4 is 11.3 Å². The molecule has 15 heavy (non-hydrogen) atoms. The molecule has 1 N–H and O–H groups in total. The first kappa shape index (κ1) is 11.1. The number of hydrogen-bond acceptors (Lipinski definition) is 3. The van der Waals surface area contributed by atoms with Crippen LogP contribution < -0.4 is 5.32 Å². The molecule has 3 heteroatoms. The van der Waals surface area contributed by atoms with Crippen molar-refractivity contribution in [2.24, 2.45) is 5.92 Å². The lowest BCUT2D eigenvalue weighted by atomic mass is 9.96. The van der Waals surface area contributed by atoms with E-state index in [1.54, 1.807) is 11.3 Å². The molecular weight excluding hydrogens is 204 g/mol. The van der Waals surface area contributed by atoms with Crippen molar-refractivity contribution in [2.45, 2.75) is 45.6 Å². The molecule has 1 atom stereocenters. The van der Waals surface area contributed by atoms with E-state index in [0.29, 0.717) is 0 Å². The lowest BCUT2D eigenvalue weighted by molar-refractivity contribution is 0.317. The summed E-state index contributed by atoms with van der Waals surface area (Å²) in [6, 6.07) is 0. The van der Waals surface area contributed by atoms with Crippen molar-refractivity contribution in [2.75, 3.05) is 6.54 Å². The zero-order chi connectivity index (χ0) is 10.9. The van der Waals surface area contributed by atoms with Crippen LogP contribution in [0.3, 0.4) is 0 Å². The monoisotopic (exact) mass is 224 g/mol. The number of hydrogen-bond donors (Lipinski definition) is 1. The van der Waals surface area contributed by atoms with Gasteiger partial charge in [0.2, 0.25) is 0 Å². The number of aromatic nitrogens is 1. The standard InChI is InChI=1S/C12H20N2S/c1-4-7-13-12(3,10-5-6-10)11-14-9(2)8-15-11/h8,10,13H,4-7H2,1-3H3. The van der Waals surface area contributed by atoms with Gasteiger partial charge in [0, 0.05) is 11.1 Å². The lowest BCUT2D eigenvalue weighted by Gasteiger charge is -2.29. The Morgan fingerprint density at radius 3 is 2.80 bits per heavy atom. The first-order chi connectivity index (χ1) is 7.16. The Hall–Kier alpha value is -0.410. The normalized spacial score (nSPS) is 20.2. The molecule has 1 fully saturated rings. The summed E-state index contributed by atoms with van der Waals surface area (Å²) in [4.78, 5) is 4.65.